The second-order valence-electron chi connectivity index (χ2n) is 4.92. The number of amides is 1. The summed E-state index contributed by atoms with van der Waals surface area (Å²) in [5.41, 5.74) is 2.34. The lowest BCUT2D eigenvalue weighted by Gasteiger charge is -2.30. The van der Waals surface area contributed by atoms with E-state index < -0.39 is 0 Å². The number of hydrogen-bond donors (Lipinski definition) is 2. The van der Waals surface area contributed by atoms with E-state index in [0.29, 0.717) is 31.5 Å². The Morgan fingerprint density at radius 2 is 2.21 bits per heavy atom. The molecule has 1 aliphatic rings. The van der Waals surface area contributed by atoms with Gasteiger partial charge in [0.2, 0.25) is 0 Å². The predicted octanol–water partition coefficient (Wildman–Crippen LogP) is 1.42. The lowest BCUT2D eigenvalue weighted by molar-refractivity contribution is 0.0547. The van der Waals surface area contributed by atoms with Gasteiger partial charge in [0.15, 0.2) is 0 Å². The molecule has 0 radical (unpaired) electrons. The topological polar surface area (TPSA) is 65.5 Å². The van der Waals surface area contributed by atoms with Gasteiger partial charge in [-0.25, -0.2) is 0 Å². The molecule has 0 unspecified atom stereocenters. The molecular weight excluding hydrogens is 242 g/mol. The molecule has 0 atom stereocenters. The Balaban J connectivity index is 2.18. The number of carbonyl (C=O) groups is 1. The highest BCUT2D eigenvalue weighted by Gasteiger charge is 2.24. The van der Waals surface area contributed by atoms with E-state index in [1.807, 2.05) is 19.9 Å². The summed E-state index contributed by atoms with van der Waals surface area (Å²) >= 11 is 0. The maximum absolute atomic E-state index is 12.5. The molecule has 0 aromatic carbocycles. The first-order valence-corrected chi connectivity index (χ1v) is 6.79. The molecule has 1 amide bonds. The lowest BCUT2D eigenvalue weighted by atomic mass is 10.1. The molecule has 0 aliphatic carbocycles. The van der Waals surface area contributed by atoms with E-state index in [4.69, 9.17) is 0 Å². The number of aliphatic hydroxyl groups excluding tert-OH is 1. The van der Waals surface area contributed by atoms with Gasteiger partial charge in [0.1, 0.15) is 0 Å². The van der Waals surface area contributed by atoms with Crippen LogP contribution in [-0.4, -0.2) is 46.6 Å². The first-order valence-electron chi connectivity index (χ1n) is 6.79. The molecule has 0 bridgehead atoms. The molecule has 0 spiro atoms. The van der Waals surface area contributed by atoms with Crippen molar-refractivity contribution in [2.45, 2.75) is 32.8 Å². The largest absolute Gasteiger partial charge is 0.393 e. The molecule has 1 aliphatic heterocycles. The van der Waals surface area contributed by atoms with Crippen molar-refractivity contribution in [2.24, 2.45) is 0 Å². The van der Waals surface area contributed by atoms with Crippen LogP contribution in [0.3, 0.4) is 0 Å². The van der Waals surface area contributed by atoms with Crippen molar-refractivity contribution in [3.63, 3.8) is 0 Å². The highest BCUT2D eigenvalue weighted by molar-refractivity contribution is 5.99. The minimum Gasteiger partial charge on any atom is -0.393 e. The highest BCUT2D eigenvalue weighted by atomic mass is 16.3. The van der Waals surface area contributed by atoms with Gasteiger partial charge in [-0.2, -0.15) is 0 Å². The van der Waals surface area contributed by atoms with Crippen LogP contribution in [0.4, 0.5) is 5.69 Å². The van der Waals surface area contributed by atoms with Gasteiger partial charge in [-0.15, -0.1) is 0 Å². The van der Waals surface area contributed by atoms with Crippen molar-refractivity contribution in [1.29, 1.82) is 0 Å². The van der Waals surface area contributed by atoms with Crippen molar-refractivity contribution in [3.8, 4) is 0 Å². The van der Waals surface area contributed by atoms with Crippen LogP contribution in [0, 0.1) is 6.92 Å². The number of pyridine rings is 1. The third-order valence-electron chi connectivity index (χ3n) is 3.39. The number of rotatable bonds is 3. The van der Waals surface area contributed by atoms with Crippen molar-refractivity contribution in [1.82, 2.24) is 9.88 Å². The van der Waals surface area contributed by atoms with E-state index >= 15 is 0 Å². The smallest absolute Gasteiger partial charge is 0.257 e. The fourth-order valence-electron chi connectivity index (χ4n) is 2.31. The molecule has 5 heteroatoms. The van der Waals surface area contributed by atoms with Crippen LogP contribution >= 0.6 is 0 Å². The van der Waals surface area contributed by atoms with Gasteiger partial charge in [0.25, 0.3) is 5.91 Å². The van der Waals surface area contributed by atoms with Crippen LogP contribution in [0.1, 0.15) is 35.8 Å². The number of aryl methyl sites for hydroxylation is 1. The molecule has 2 rings (SSSR count). The quantitative estimate of drug-likeness (QED) is 0.865. The Kier molecular flexibility index (Phi) is 4.37. The number of likely N-dealkylation sites (tertiary alicyclic amines) is 1. The minimum atomic E-state index is -0.270. The normalized spacial score (nSPS) is 16.5. The zero-order valence-electron chi connectivity index (χ0n) is 11.5. The van der Waals surface area contributed by atoms with E-state index in [2.05, 4.69) is 10.3 Å². The van der Waals surface area contributed by atoms with Crippen LogP contribution in [0.5, 0.6) is 0 Å². The number of anilines is 1. The summed E-state index contributed by atoms with van der Waals surface area (Å²) in [5, 5.41) is 12.7. The van der Waals surface area contributed by atoms with Crippen LogP contribution in [0.2, 0.25) is 0 Å². The summed E-state index contributed by atoms with van der Waals surface area (Å²) in [6, 6.07) is 1.90. The summed E-state index contributed by atoms with van der Waals surface area (Å²) in [6.07, 6.45) is 2.68. The van der Waals surface area contributed by atoms with Gasteiger partial charge in [-0.05, 0) is 32.8 Å². The maximum atomic E-state index is 12.5. The van der Waals surface area contributed by atoms with Crippen LogP contribution in [0.25, 0.3) is 0 Å². The molecular formula is C14H21N3O2. The summed E-state index contributed by atoms with van der Waals surface area (Å²) in [7, 11) is 0. The number of carbonyl (C=O) groups excluding carboxylic acids is 1. The van der Waals surface area contributed by atoms with E-state index in [1.54, 1.807) is 11.1 Å². The molecule has 2 N–H and O–H groups in total. The summed E-state index contributed by atoms with van der Waals surface area (Å²) in [5.74, 6) is -0.00431. The Morgan fingerprint density at radius 3 is 2.84 bits per heavy atom. The number of aromatic nitrogens is 1. The first kappa shape index (κ1) is 13.8. The Labute approximate surface area is 113 Å². The minimum absolute atomic E-state index is 0.00431. The maximum Gasteiger partial charge on any atom is 0.257 e. The predicted molar refractivity (Wildman–Crippen MR) is 74.3 cm³/mol. The number of hydrogen-bond acceptors (Lipinski definition) is 4. The van der Waals surface area contributed by atoms with Crippen molar-refractivity contribution < 1.29 is 9.90 Å². The van der Waals surface area contributed by atoms with Crippen molar-refractivity contribution in [3.05, 3.63) is 23.5 Å². The van der Waals surface area contributed by atoms with Gasteiger partial charge < -0.3 is 15.3 Å². The third kappa shape index (κ3) is 3.23. The average molecular weight is 263 g/mol. The molecule has 1 saturated heterocycles. The molecule has 19 heavy (non-hydrogen) atoms. The molecule has 5 nitrogen and oxygen atoms in total. The van der Waals surface area contributed by atoms with E-state index in [1.165, 1.54) is 0 Å². The summed E-state index contributed by atoms with van der Waals surface area (Å²) in [6.45, 7) is 5.90. The van der Waals surface area contributed by atoms with Crippen LogP contribution in [-0.2, 0) is 0 Å². The van der Waals surface area contributed by atoms with E-state index in [9.17, 15) is 9.90 Å². The second kappa shape index (κ2) is 6.02. The Bertz CT molecular complexity index is 454. The van der Waals surface area contributed by atoms with Crippen LogP contribution < -0.4 is 5.32 Å². The van der Waals surface area contributed by atoms with Gasteiger partial charge in [0, 0.05) is 31.5 Å². The number of piperidine rings is 1. The van der Waals surface area contributed by atoms with Crippen LogP contribution in [0.15, 0.2) is 12.3 Å². The third-order valence-corrected chi connectivity index (χ3v) is 3.39. The van der Waals surface area contributed by atoms with Gasteiger partial charge in [-0.3, -0.25) is 9.78 Å². The van der Waals surface area contributed by atoms with Gasteiger partial charge in [0.05, 0.1) is 17.4 Å². The summed E-state index contributed by atoms with van der Waals surface area (Å²) < 4.78 is 0. The standard InChI is InChI=1S/C14H21N3O2/c1-3-15-13-8-10(2)16-9-12(13)14(19)17-6-4-11(18)5-7-17/h8-9,11,18H,3-7H2,1-2H3,(H,15,16). The fraction of sp³-hybridized carbons (Fsp3) is 0.571. The molecule has 1 aromatic rings. The molecule has 104 valence electrons. The SMILES string of the molecule is CCNc1cc(C)ncc1C(=O)N1CCC(O)CC1. The zero-order chi connectivity index (χ0) is 13.8. The Morgan fingerprint density at radius 1 is 1.53 bits per heavy atom. The number of aliphatic hydroxyl groups is 1. The number of nitrogens with zero attached hydrogens (tertiary/aromatic N) is 2. The van der Waals surface area contributed by atoms with Gasteiger partial charge in [-0.1, -0.05) is 0 Å². The molecule has 2 heterocycles. The average Bonchev–Trinajstić information content (AvgIpc) is 2.39. The highest BCUT2D eigenvalue weighted by Crippen LogP contribution is 2.20. The van der Waals surface area contributed by atoms with Gasteiger partial charge >= 0.3 is 0 Å². The molecule has 0 saturated carbocycles. The van der Waals surface area contributed by atoms with E-state index in [-0.39, 0.29) is 12.0 Å². The molecule has 1 aromatic heterocycles. The second-order valence-corrected chi connectivity index (χ2v) is 4.92. The Hall–Kier alpha value is -1.62. The summed E-state index contributed by atoms with van der Waals surface area (Å²) in [4.78, 5) is 18.5. The molecule has 1 fully saturated rings. The van der Waals surface area contributed by atoms with Crippen molar-refractivity contribution in [2.75, 3.05) is 25.0 Å². The monoisotopic (exact) mass is 263 g/mol. The first-order chi connectivity index (χ1) is 9.11. The zero-order valence-corrected chi connectivity index (χ0v) is 11.5. The van der Waals surface area contributed by atoms with E-state index in [0.717, 1.165) is 17.9 Å². The lowest BCUT2D eigenvalue weighted by Crippen LogP contribution is -2.40. The van der Waals surface area contributed by atoms with Crippen molar-refractivity contribution >= 4 is 11.6 Å². The number of nitrogens with one attached hydrogen (secondary N) is 1. The fourth-order valence-corrected chi connectivity index (χ4v) is 2.31.